The smallest absolute Gasteiger partial charge is 0.272 e. The molecule has 1 aliphatic carbocycles. The molecule has 1 N–H and O–H groups in total. The van der Waals surface area contributed by atoms with E-state index in [9.17, 15) is 4.79 Å². The van der Waals surface area contributed by atoms with Crippen LogP contribution in [0.5, 0.6) is 0 Å². The molecule has 2 fully saturated rings. The number of nitrogens with zero attached hydrogens (tertiary/aromatic N) is 3. The van der Waals surface area contributed by atoms with Gasteiger partial charge in [-0.3, -0.25) is 4.79 Å². The van der Waals surface area contributed by atoms with Crippen LogP contribution in [-0.4, -0.2) is 45.6 Å². The predicted molar refractivity (Wildman–Crippen MR) is 79.0 cm³/mol. The summed E-state index contributed by atoms with van der Waals surface area (Å²) in [6, 6.07) is 1.72. The molecule has 0 radical (unpaired) electrons. The highest BCUT2D eigenvalue weighted by atomic mass is 16.3. The lowest BCUT2D eigenvalue weighted by atomic mass is 9.98. The van der Waals surface area contributed by atoms with Gasteiger partial charge in [0.25, 0.3) is 5.91 Å². The first-order chi connectivity index (χ1) is 10.3. The Hall–Kier alpha value is -1.49. The molecule has 2 aliphatic rings. The van der Waals surface area contributed by atoms with Crippen LogP contribution in [0.25, 0.3) is 0 Å². The zero-order valence-corrected chi connectivity index (χ0v) is 12.4. The average Bonchev–Trinajstić information content (AvgIpc) is 3.09. The molecule has 0 aromatic carbocycles. The van der Waals surface area contributed by atoms with Crippen LogP contribution in [0.2, 0.25) is 0 Å². The maximum absolute atomic E-state index is 12.5. The van der Waals surface area contributed by atoms with Gasteiger partial charge in [-0.1, -0.05) is 12.8 Å². The minimum atomic E-state index is 0.00744. The zero-order chi connectivity index (χ0) is 14.7. The molecule has 0 spiro atoms. The molecule has 3 rings (SSSR count). The molecule has 1 aromatic rings. The van der Waals surface area contributed by atoms with Crippen molar-refractivity contribution in [2.75, 3.05) is 19.7 Å². The van der Waals surface area contributed by atoms with Gasteiger partial charge in [-0.25, -0.2) is 9.97 Å². The molecule has 1 aromatic heterocycles. The number of aromatic nitrogens is 2. The van der Waals surface area contributed by atoms with Crippen LogP contribution in [0, 0.1) is 5.92 Å². The molecule has 0 atom stereocenters. The Morgan fingerprint density at radius 2 is 1.95 bits per heavy atom. The fourth-order valence-electron chi connectivity index (χ4n) is 3.35. The van der Waals surface area contributed by atoms with Crippen molar-refractivity contribution < 1.29 is 9.90 Å². The summed E-state index contributed by atoms with van der Waals surface area (Å²) in [6.07, 6.45) is 8.22. The fourth-order valence-corrected chi connectivity index (χ4v) is 3.35. The van der Waals surface area contributed by atoms with Crippen LogP contribution < -0.4 is 0 Å². The Labute approximate surface area is 125 Å². The Balaban J connectivity index is 1.68. The normalized spacial score (nSPS) is 20.9. The van der Waals surface area contributed by atoms with Gasteiger partial charge in [-0.2, -0.15) is 0 Å². The van der Waals surface area contributed by atoms with E-state index in [-0.39, 0.29) is 12.5 Å². The lowest BCUT2D eigenvalue weighted by Crippen LogP contribution is -2.39. The minimum Gasteiger partial charge on any atom is -0.396 e. The third-order valence-corrected chi connectivity index (χ3v) is 4.77. The fraction of sp³-hybridized carbons (Fsp3) is 0.688. The second-order valence-electron chi connectivity index (χ2n) is 6.20. The number of rotatable bonds is 3. The third kappa shape index (κ3) is 3.23. The first-order valence-electron chi connectivity index (χ1n) is 8.01. The summed E-state index contributed by atoms with van der Waals surface area (Å²) >= 11 is 0. The van der Waals surface area contributed by atoms with Crippen molar-refractivity contribution in [2.24, 2.45) is 5.92 Å². The van der Waals surface area contributed by atoms with E-state index in [0.29, 0.717) is 30.6 Å². The molecular formula is C16H23N3O2. The van der Waals surface area contributed by atoms with Crippen molar-refractivity contribution in [1.82, 2.24) is 14.9 Å². The number of carbonyl (C=O) groups excluding carboxylic acids is 1. The number of hydrogen-bond donors (Lipinski definition) is 1. The Bertz CT molecular complexity index is 492. The molecule has 21 heavy (non-hydrogen) atoms. The number of likely N-dealkylation sites (tertiary alicyclic amines) is 1. The number of amides is 1. The van der Waals surface area contributed by atoms with E-state index in [1.54, 1.807) is 12.3 Å². The second-order valence-corrected chi connectivity index (χ2v) is 6.20. The topological polar surface area (TPSA) is 66.3 Å². The largest absolute Gasteiger partial charge is 0.396 e. The summed E-state index contributed by atoms with van der Waals surface area (Å²) < 4.78 is 0. The molecule has 5 nitrogen and oxygen atoms in total. The van der Waals surface area contributed by atoms with Crippen LogP contribution in [0.1, 0.15) is 60.8 Å². The van der Waals surface area contributed by atoms with E-state index < -0.39 is 0 Å². The van der Waals surface area contributed by atoms with E-state index in [4.69, 9.17) is 5.11 Å². The van der Waals surface area contributed by atoms with Crippen LogP contribution >= 0.6 is 0 Å². The minimum absolute atomic E-state index is 0.00744. The number of carbonyl (C=O) groups is 1. The molecule has 1 amide bonds. The van der Waals surface area contributed by atoms with Crippen LogP contribution in [0.15, 0.2) is 12.3 Å². The quantitative estimate of drug-likeness (QED) is 0.924. The summed E-state index contributed by atoms with van der Waals surface area (Å²) in [5, 5.41) is 9.17. The summed E-state index contributed by atoms with van der Waals surface area (Å²) in [5.74, 6) is 1.61. The van der Waals surface area contributed by atoms with E-state index >= 15 is 0 Å². The van der Waals surface area contributed by atoms with Gasteiger partial charge in [0.2, 0.25) is 0 Å². The first kappa shape index (κ1) is 14.4. The lowest BCUT2D eigenvalue weighted by molar-refractivity contribution is 0.0644. The standard InChI is InChI=1S/C16H23N3O2/c20-11-12-6-9-19(10-7-12)16(21)14-5-8-17-15(18-14)13-3-1-2-4-13/h5,8,12-13,20H,1-4,6-7,9-11H2. The monoisotopic (exact) mass is 289 g/mol. The molecule has 1 aliphatic heterocycles. The Morgan fingerprint density at radius 1 is 1.24 bits per heavy atom. The van der Waals surface area contributed by atoms with Gasteiger partial charge in [-0.15, -0.1) is 0 Å². The van der Waals surface area contributed by atoms with Gasteiger partial charge in [0, 0.05) is 31.8 Å². The average molecular weight is 289 g/mol. The molecule has 0 unspecified atom stereocenters. The van der Waals surface area contributed by atoms with Crippen molar-refractivity contribution in [1.29, 1.82) is 0 Å². The van der Waals surface area contributed by atoms with Crippen LogP contribution in [0.4, 0.5) is 0 Å². The van der Waals surface area contributed by atoms with E-state index in [1.807, 2.05) is 4.90 Å². The van der Waals surface area contributed by atoms with Crippen molar-refractivity contribution in [3.63, 3.8) is 0 Å². The first-order valence-corrected chi connectivity index (χ1v) is 8.01. The molecular weight excluding hydrogens is 266 g/mol. The SMILES string of the molecule is O=C(c1ccnc(C2CCCC2)n1)N1CCC(CO)CC1. The van der Waals surface area contributed by atoms with Crippen molar-refractivity contribution in [2.45, 2.75) is 44.4 Å². The molecule has 0 bridgehead atoms. The summed E-state index contributed by atoms with van der Waals surface area (Å²) in [4.78, 5) is 23.3. The maximum atomic E-state index is 12.5. The van der Waals surface area contributed by atoms with Gasteiger partial charge in [0.1, 0.15) is 11.5 Å². The third-order valence-electron chi connectivity index (χ3n) is 4.77. The molecule has 114 valence electrons. The Morgan fingerprint density at radius 3 is 2.62 bits per heavy atom. The molecule has 5 heteroatoms. The number of hydrogen-bond acceptors (Lipinski definition) is 4. The van der Waals surface area contributed by atoms with E-state index in [1.165, 1.54) is 12.8 Å². The van der Waals surface area contributed by atoms with Gasteiger partial charge >= 0.3 is 0 Å². The highest BCUT2D eigenvalue weighted by Gasteiger charge is 2.25. The maximum Gasteiger partial charge on any atom is 0.272 e. The van der Waals surface area contributed by atoms with Gasteiger partial charge < -0.3 is 10.0 Å². The number of aliphatic hydroxyl groups is 1. The van der Waals surface area contributed by atoms with Gasteiger partial charge in [0.05, 0.1) is 0 Å². The van der Waals surface area contributed by atoms with E-state index in [0.717, 1.165) is 31.5 Å². The number of aliphatic hydroxyl groups excluding tert-OH is 1. The van der Waals surface area contributed by atoms with Crippen molar-refractivity contribution in [3.8, 4) is 0 Å². The second kappa shape index (κ2) is 6.52. The van der Waals surface area contributed by atoms with Crippen LogP contribution in [0.3, 0.4) is 0 Å². The number of piperidine rings is 1. The highest BCUT2D eigenvalue weighted by molar-refractivity contribution is 5.92. The van der Waals surface area contributed by atoms with Crippen molar-refractivity contribution in [3.05, 3.63) is 23.8 Å². The zero-order valence-electron chi connectivity index (χ0n) is 12.4. The predicted octanol–water partition coefficient (Wildman–Crippen LogP) is 1.98. The van der Waals surface area contributed by atoms with Gasteiger partial charge in [0.15, 0.2) is 0 Å². The van der Waals surface area contributed by atoms with Gasteiger partial charge in [-0.05, 0) is 37.7 Å². The molecule has 1 saturated carbocycles. The summed E-state index contributed by atoms with van der Waals surface area (Å²) in [7, 11) is 0. The lowest BCUT2D eigenvalue weighted by Gasteiger charge is -2.30. The van der Waals surface area contributed by atoms with Crippen molar-refractivity contribution >= 4 is 5.91 Å². The molecule has 2 heterocycles. The van der Waals surface area contributed by atoms with Crippen LogP contribution in [-0.2, 0) is 0 Å². The summed E-state index contributed by atoms with van der Waals surface area (Å²) in [5.41, 5.74) is 0.523. The highest BCUT2D eigenvalue weighted by Crippen LogP contribution is 2.32. The Kier molecular flexibility index (Phi) is 4.48. The van der Waals surface area contributed by atoms with E-state index in [2.05, 4.69) is 9.97 Å². The molecule has 1 saturated heterocycles. The summed E-state index contributed by atoms with van der Waals surface area (Å²) in [6.45, 7) is 1.65.